The number of carboxylic acid groups (broad SMARTS) is 1. The van der Waals surface area contributed by atoms with Gasteiger partial charge in [0.25, 0.3) is 0 Å². The fraction of sp³-hybridized carbons (Fsp3) is 0.471. The summed E-state index contributed by atoms with van der Waals surface area (Å²) in [4.78, 5) is 33.4. The van der Waals surface area contributed by atoms with Gasteiger partial charge in [-0.25, -0.2) is 9.59 Å². The van der Waals surface area contributed by atoms with Crippen LogP contribution in [0.25, 0.3) is 0 Å². The lowest BCUT2D eigenvalue weighted by Crippen LogP contribution is -2.31. The van der Waals surface area contributed by atoms with E-state index >= 15 is 0 Å². The van der Waals surface area contributed by atoms with Gasteiger partial charge in [-0.2, -0.15) is 0 Å². The highest BCUT2D eigenvalue weighted by Gasteiger charge is 2.11. The van der Waals surface area contributed by atoms with Gasteiger partial charge in [0.05, 0.1) is 12.1 Å². The van der Waals surface area contributed by atoms with E-state index in [4.69, 9.17) is 5.11 Å². The fourth-order valence-corrected chi connectivity index (χ4v) is 1.99. The van der Waals surface area contributed by atoms with E-state index in [-0.39, 0.29) is 6.54 Å². The van der Waals surface area contributed by atoms with E-state index in [1.165, 1.54) is 0 Å². The first kappa shape index (κ1) is 20.6. The molecule has 0 aliphatic rings. The van der Waals surface area contributed by atoms with Gasteiger partial charge >= 0.3 is 18.0 Å². The number of alkyl carbamates (subject to hydrolysis) is 1. The summed E-state index contributed by atoms with van der Waals surface area (Å²) in [5.41, 5.74) is 0.335. The molecule has 0 fully saturated rings. The largest absolute Gasteiger partial charge is 0.480 e. The van der Waals surface area contributed by atoms with Gasteiger partial charge in [0.1, 0.15) is 0 Å². The molecule has 0 aliphatic heterocycles. The standard InChI is InChI=1S/C17H25N3O5/c21-15(22)13-19-12-11-18-9-5-2-6-10-20-17(24)25-16(23)14-7-3-1-4-8-14/h1,3-4,7-8,18-19H,2,5-6,9-13H2,(H,20,24)(H,21,22). The third-order valence-corrected chi connectivity index (χ3v) is 3.25. The van der Waals surface area contributed by atoms with Crippen LogP contribution in [0.15, 0.2) is 30.3 Å². The number of carbonyl (C=O) groups excluding carboxylic acids is 2. The number of hydrogen-bond acceptors (Lipinski definition) is 6. The molecule has 8 heteroatoms. The molecule has 0 bridgehead atoms. The van der Waals surface area contributed by atoms with E-state index in [1.54, 1.807) is 30.3 Å². The molecule has 25 heavy (non-hydrogen) atoms. The van der Waals surface area contributed by atoms with Gasteiger partial charge in [-0.05, 0) is 31.5 Å². The number of nitrogens with one attached hydrogen (secondary N) is 3. The summed E-state index contributed by atoms with van der Waals surface area (Å²) < 4.78 is 4.69. The third kappa shape index (κ3) is 10.9. The summed E-state index contributed by atoms with van der Waals surface area (Å²) in [6, 6.07) is 8.34. The third-order valence-electron chi connectivity index (χ3n) is 3.25. The highest BCUT2D eigenvalue weighted by Crippen LogP contribution is 2.01. The monoisotopic (exact) mass is 351 g/mol. The van der Waals surface area contributed by atoms with Crippen molar-refractivity contribution in [3.63, 3.8) is 0 Å². The zero-order valence-corrected chi connectivity index (χ0v) is 14.1. The lowest BCUT2D eigenvalue weighted by atomic mass is 10.2. The summed E-state index contributed by atoms with van der Waals surface area (Å²) in [5.74, 6) is -1.53. The molecule has 0 atom stereocenters. The number of ether oxygens (including phenoxy) is 1. The molecule has 0 aliphatic carbocycles. The van der Waals surface area contributed by atoms with Gasteiger partial charge in [0.15, 0.2) is 0 Å². The van der Waals surface area contributed by atoms with Crippen LogP contribution in [-0.2, 0) is 9.53 Å². The number of carbonyl (C=O) groups is 3. The SMILES string of the molecule is O=C(O)CNCCNCCCCCNC(=O)OC(=O)c1ccccc1. The van der Waals surface area contributed by atoms with Crippen LogP contribution in [0.1, 0.15) is 29.6 Å². The van der Waals surface area contributed by atoms with E-state index in [9.17, 15) is 14.4 Å². The topological polar surface area (TPSA) is 117 Å². The minimum absolute atomic E-state index is 0.0315. The molecule has 1 amide bonds. The van der Waals surface area contributed by atoms with Crippen LogP contribution in [0.5, 0.6) is 0 Å². The predicted molar refractivity (Wildman–Crippen MR) is 92.5 cm³/mol. The second-order valence-electron chi connectivity index (χ2n) is 5.35. The number of unbranched alkanes of at least 4 members (excludes halogenated alkanes) is 2. The van der Waals surface area contributed by atoms with Crippen molar-refractivity contribution in [2.75, 3.05) is 32.7 Å². The number of hydrogen-bond donors (Lipinski definition) is 4. The van der Waals surface area contributed by atoms with Crippen LogP contribution in [0.2, 0.25) is 0 Å². The number of aliphatic carboxylic acids is 1. The van der Waals surface area contributed by atoms with Gasteiger partial charge in [0, 0.05) is 19.6 Å². The van der Waals surface area contributed by atoms with E-state index in [2.05, 4.69) is 20.7 Å². The molecule has 138 valence electrons. The van der Waals surface area contributed by atoms with Crippen molar-refractivity contribution in [1.29, 1.82) is 0 Å². The summed E-state index contributed by atoms with van der Waals surface area (Å²) >= 11 is 0. The van der Waals surface area contributed by atoms with Gasteiger partial charge < -0.3 is 25.8 Å². The Morgan fingerprint density at radius 3 is 2.28 bits per heavy atom. The number of amides is 1. The Bertz CT molecular complexity index is 536. The number of esters is 1. The molecule has 4 N–H and O–H groups in total. The van der Waals surface area contributed by atoms with E-state index in [0.29, 0.717) is 25.2 Å². The fourth-order valence-electron chi connectivity index (χ4n) is 1.99. The molecule has 0 spiro atoms. The molecule has 1 rings (SSSR count). The van der Waals surface area contributed by atoms with Crippen LogP contribution in [-0.4, -0.2) is 55.9 Å². The first-order valence-electron chi connectivity index (χ1n) is 8.28. The first-order chi connectivity index (χ1) is 12.1. The van der Waals surface area contributed by atoms with Crippen molar-refractivity contribution in [2.24, 2.45) is 0 Å². The number of carboxylic acids is 1. The summed E-state index contributed by atoms with van der Waals surface area (Å²) in [5, 5.41) is 17.0. The average Bonchev–Trinajstić information content (AvgIpc) is 2.60. The van der Waals surface area contributed by atoms with Crippen LogP contribution in [0.3, 0.4) is 0 Å². The van der Waals surface area contributed by atoms with Gasteiger partial charge in [-0.3, -0.25) is 4.79 Å². The molecular weight excluding hydrogens is 326 g/mol. The van der Waals surface area contributed by atoms with Crippen molar-refractivity contribution >= 4 is 18.0 Å². The van der Waals surface area contributed by atoms with Crippen LogP contribution in [0, 0.1) is 0 Å². The van der Waals surface area contributed by atoms with Crippen molar-refractivity contribution in [2.45, 2.75) is 19.3 Å². The smallest absolute Gasteiger partial charge is 0.415 e. The lowest BCUT2D eigenvalue weighted by Gasteiger charge is -2.07. The van der Waals surface area contributed by atoms with Crippen molar-refractivity contribution in [3.8, 4) is 0 Å². The molecule has 0 heterocycles. The Hall–Kier alpha value is -2.45. The maximum absolute atomic E-state index is 11.6. The summed E-state index contributed by atoms with van der Waals surface area (Å²) in [6.07, 6.45) is 1.91. The molecule has 0 unspecified atom stereocenters. The molecule has 1 aromatic rings. The molecule has 0 saturated heterocycles. The summed E-state index contributed by atoms with van der Waals surface area (Å²) in [7, 11) is 0. The van der Waals surface area contributed by atoms with E-state index in [1.807, 2.05) is 0 Å². The molecule has 0 aromatic heterocycles. The van der Waals surface area contributed by atoms with Crippen LogP contribution < -0.4 is 16.0 Å². The molecule has 0 radical (unpaired) electrons. The maximum atomic E-state index is 11.6. The van der Waals surface area contributed by atoms with Gasteiger partial charge in [-0.15, -0.1) is 0 Å². The quantitative estimate of drug-likeness (QED) is 0.252. The van der Waals surface area contributed by atoms with Gasteiger partial charge in [0.2, 0.25) is 0 Å². The molecule has 1 aromatic carbocycles. The Morgan fingerprint density at radius 1 is 0.880 bits per heavy atom. The molecule has 8 nitrogen and oxygen atoms in total. The van der Waals surface area contributed by atoms with E-state index in [0.717, 1.165) is 25.8 Å². The highest BCUT2D eigenvalue weighted by molar-refractivity contribution is 5.96. The Balaban J connectivity index is 1.93. The predicted octanol–water partition coefficient (Wildman–Crippen LogP) is 0.987. The minimum atomic E-state index is -0.864. The normalized spacial score (nSPS) is 10.2. The van der Waals surface area contributed by atoms with Crippen molar-refractivity contribution < 1.29 is 24.2 Å². The zero-order chi connectivity index (χ0) is 18.3. The Labute approximate surface area is 146 Å². The van der Waals surface area contributed by atoms with Crippen molar-refractivity contribution in [3.05, 3.63) is 35.9 Å². The second-order valence-corrected chi connectivity index (χ2v) is 5.35. The summed E-state index contributed by atoms with van der Waals surface area (Å²) in [6.45, 7) is 2.55. The lowest BCUT2D eigenvalue weighted by molar-refractivity contribution is -0.135. The second kappa shape index (κ2) is 12.9. The van der Waals surface area contributed by atoms with E-state index < -0.39 is 18.0 Å². The maximum Gasteiger partial charge on any atom is 0.415 e. The van der Waals surface area contributed by atoms with Gasteiger partial charge in [-0.1, -0.05) is 24.6 Å². The first-order valence-corrected chi connectivity index (χ1v) is 8.28. The molecule has 0 saturated carbocycles. The van der Waals surface area contributed by atoms with Crippen LogP contribution in [0.4, 0.5) is 4.79 Å². The molecular formula is C17H25N3O5. The Kier molecular flexibility index (Phi) is 10.6. The number of rotatable bonds is 12. The Morgan fingerprint density at radius 2 is 1.56 bits per heavy atom. The van der Waals surface area contributed by atoms with Crippen molar-refractivity contribution in [1.82, 2.24) is 16.0 Å². The zero-order valence-electron chi connectivity index (χ0n) is 14.1. The number of benzene rings is 1. The minimum Gasteiger partial charge on any atom is -0.480 e. The average molecular weight is 351 g/mol. The van der Waals surface area contributed by atoms with Crippen LogP contribution >= 0.6 is 0 Å². The highest BCUT2D eigenvalue weighted by atomic mass is 16.6.